The highest BCUT2D eigenvalue weighted by molar-refractivity contribution is 8.76. The quantitative estimate of drug-likeness (QED) is 0.151. The number of rotatable bonds is 15. The molecule has 13 nitrogen and oxygen atoms in total. The van der Waals surface area contributed by atoms with Gasteiger partial charge in [-0.3, -0.25) is 9.88 Å². The Bertz CT molecular complexity index is 1460. The minimum atomic E-state index is -0.711. The minimum absolute atomic E-state index is 0.0347. The van der Waals surface area contributed by atoms with Crippen LogP contribution in [0.2, 0.25) is 0 Å². The standard InChI is InChI=1S/C26H32N8O5S2/c1-4-12-38-24-30-22(31-26(36)39-14-15-40-41-20-7-5-6-10-27-20)21-23(32-24)34(25(35)29-21)17-18-8-9-19(28-16-18)37-13-11-33(2)3/h5-10,16H,4,11-15,17H2,1-3H3,(H,29,35)(H,30,31,32,36). The van der Waals surface area contributed by atoms with Crippen LogP contribution in [0.5, 0.6) is 11.9 Å². The molecule has 4 rings (SSSR count). The van der Waals surface area contributed by atoms with E-state index in [2.05, 4.69) is 30.2 Å². The lowest BCUT2D eigenvalue weighted by molar-refractivity contribution is 0.169. The molecule has 0 saturated heterocycles. The number of ether oxygens (including phenoxy) is 3. The van der Waals surface area contributed by atoms with Crippen LogP contribution in [-0.2, 0) is 11.3 Å². The summed E-state index contributed by atoms with van der Waals surface area (Å²) in [5.41, 5.74) is 0.873. The van der Waals surface area contributed by atoms with E-state index in [0.29, 0.717) is 24.8 Å². The number of carbonyl (C=O) groups is 1. The molecule has 0 saturated carbocycles. The number of nitrogens with one attached hydrogen (secondary N) is 2. The van der Waals surface area contributed by atoms with Crippen molar-refractivity contribution in [2.75, 3.05) is 51.5 Å². The first-order chi connectivity index (χ1) is 19.9. The molecule has 41 heavy (non-hydrogen) atoms. The normalized spacial score (nSPS) is 11.1. The van der Waals surface area contributed by atoms with Gasteiger partial charge in [0.05, 0.1) is 13.2 Å². The van der Waals surface area contributed by atoms with Crippen molar-refractivity contribution in [3.63, 3.8) is 0 Å². The van der Waals surface area contributed by atoms with Crippen molar-refractivity contribution in [1.82, 2.24) is 34.4 Å². The number of amides is 1. The molecule has 1 amide bonds. The number of aromatic amines is 1. The van der Waals surface area contributed by atoms with Crippen molar-refractivity contribution in [2.24, 2.45) is 0 Å². The molecule has 0 aliphatic heterocycles. The van der Waals surface area contributed by atoms with Gasteiger partial charge in [0.2, 0.25) is 5.88 Å². The maximum Gasteiger partial charge on any atom is 0.412 e. The number of carbonyl (C=O) groups excluding carboxylic acids is 1. The second kappa shape index (κ2) is 15.3. The lowest BCUT2D eigenvalue weighted by Gasteiger charge is -2.11. The topological polar surface area (TPSA) is 149 Å². The maximum atomic E-state index is 12.9. The van der Waals surface area contributed by atoms with Crippen LogP contribution in [0.15, 0.2) is 52.5 Å². The molecule has 4 aromatic rings. The van der Waals surface area contributed by atoms with Crippen LogP contribution in [0.1, 0.15) is 18.9 Å². The smallest absolute Gasteiger partial charge is 0.412 e. The number of hydrogen-bond acceptors (Lipinski definition) is 12. The summed E-state index contributed by atoms with van der Waals surface area (Å²) < 4.78 is 18.0. The molecule has 0 aliphatic carbocycles. The molecule has 4 aromatic heterocycles. The third-order valence-corrected chi connectivity index (χ3v) is 7.60. The van der Waals surface area contributed by atoms with Gasteiger partial charge in [0, 0.05) is 30.8 Å². The zero-order chi connectivity index (χ0) is 29.0. The summed E-state index contributed by atoms with van der Waals surface area (Å²) in [5, 5.41) is 3.49. The monoisotopic (exact) mass is 600 g/mol. The molecular formula is C26H32N8O5S2. The zero-order valence-electron chi connectivity index (χ0n) is 23.0. The summed E-state index contributed by atoms with van der Waals surface area (Å²) in [4.78, 5) is 47.6. The van der Waals surface area contributed by atoms with Gasteiger partial charge in [-0.2, -0.15) is 9.97 Å². The van der Waals surface area contributed by atoms with E-state index in [1.54, 1.807) is 18.5 Å². The third kappa shape index (κ3) is 9.09. The Morgan fingerprint density at radius 2 is 1.98 bits per heavy atom. The van der Waals surface area contributed by atoms with Crippen molar-refractivity contribution in [3.05, 3.63) is 58.8 Å². The first-order valence-corrected chi connectivity index (χ1v) is 15.2. The van der Waals surface area contributed by atoms with E-state index in [0.717, 1.165) is 23.6 Å². The van der Waals surface area contributed by atoms with Gasteiger partial charge >= 0.3 is 17.8 Å². The summed E-state index contributed by atoms with van der Waals surface area (Å²) in [7, 11) is 6.95. The summed E-state index contributed by atoms with van der Waals surface area (Å²) in [6, 6.07) is 9.29. The van der Waals surface area contributed by atoms with Crippen molar-refractivity contribution in [1.29, 1.82) is 0 Å². The predicted molar refractivity (Wildman–Crippen MR) is 159 cm³/mol. The van der Waals surface area contributed by atoms with Crippen molar-refractivity contribution < 1.29 is 19.0 Å². The van der Waals surface area contributed by atoms with E-state index in [9.17, 15) is 9.59 Å². The fourth-order valence-corrected chi connectivity index (χ4v) is 5.12. The fourth-order valence-electron chi connectivity index (χ4n) is 3.41. The van der Waals surface area contributed by atoms with Crippen molar-refractivity contribution in [2.45, 2.75) is 24.9 Å². The Morgan fingerprint density at radius 3 is 2.71 bits per heavy atom. The number of H-pyrrole nitrogens is 1. The molecular weight excluding hydrogens is 568 g/mol. The fraction of sp³-hybridized carbons (Fsp3) is 0.385. The highest BCUT2D eigenvalue weighted by Gasteiger charge is 2.19. The van der Waals surface area contributed by atoms with E-state index in [-0.39, 0.29) is 36.1 Å². The number of hydrogen-bond donors (Lipinski definition) is 2. The second-order valence-electron chi connectivity index (χ2n) is 8.91. The van der Waals surface area contributed by atoms with Gasteiger partial charge in [-0.05, 0) is 49.0 Å². The van der Waals surface area contributed by atoms with Gasteiger partial charge < -0.3 is 24.1 Å². The van der Waals surface area contributed by atoms with Crippen LogP contribution in [-0.4, -0.2) is 86.7 Å². The number of imidazole rings is 1. The zero-order valence-corrected chi connectivity index (χ0v) is 24.7. The van der Waals surface area contributed by atoms with Crippen LogP contribution in [0.25, 0.3) is 11.2 Å². The second-order valence-corrected chi connectivity index (χ2v) is 11.3. The lowest BCUT2D eigenvalue weighted by atomic mass is 10.3. The molecule has 0 atom stereocenters. The molecule has 0 aromatic carbocycles. The number of fused-ring (bicyclic) bond motifs is 1. The van der Waals surface area contributed by atoms with Gasteiger partial charge in [-0.25, -0.2) is 19.6 Å². The van der Waals surface area contributed by atoms with Gasteiger partial charge in [0.1, 0.15) is 23.8 Å². The van der Waals surface area contributed by atoms with E-state index in [4.69, 9.17) is 14.2 Å². The van der Waals surface area contributed by atoms with Crippen LogP contribution < -0.4 is 20.5 Å². The molecule has 218 valence electrons. The van der Waals surface area contributed by atoms with Gasteiger partial charge in [-0.1, -0.05) is 29.9 Å². The number of nitrogens with zero attached hydrogens (tertiary/aromatic N) is 6. The highest BCUT2D eigenvalue weighted by atomic mass is 33.1. The van der Waals surface area contributed by atoms with Crippen LogP contribution in [0.3, 0.4) is 0 Å². The molecule has 2 N–H and O–H groups in total. The molecule has 0 fully saturated rings. The van der Waals surface area contributed by atoms with Crippen LogP contribution in [0.4, 0.5) is 10.6 Å². The van der Waals surface area contributed by atoms with Gasteiger partial charge in [0.25, 0.3) is 0 Å². The van der Waals surface area contributed by atoms with Crippen LogP contribution >= 0.6 is 21.6 Å². The largest absolute Gasteiger partial charge is 0.476 e. The molecule has 4 heterocycles. The Hall–Kier alpha value is -3.82. The highest BCUT2D eigenvalue weighted by Crippen LogP contribution is 2.28. The van der Waals surface area contributed by atoms with E-state index in [1.807, 2.05) is 50.2 Å². The summed E-state index contributed by atoms with van der Waals surface area (Å²) in [6.45, 7) is 3.96. The Kier molecular flexibility index (Phi) is 11.2. The average molecular weight is 601 g/mol. The molecule has 0 radical (unpaired) electrons. The first-order valence-electron chi connectivity index (χ1n) is 12.9. The van der Waals surface area contributed by atoms with E-state index >= 15 is 0 Å². The summed E-state index contributed by atoms with van der Waals surface area (Å²) in [5.74, 6) is 1.14. The predicted octanol–water partition coefficient (Wildman–Crippen LogP) is 3.68. The third-order valence-electron chi connectivity index (χ3n) is 5.37. The number of anilines is 1. The minimum Gasteiger partial charge on any atom is -0.476 e. The van der Waals surface area contributed by atoms with Gasteiger partial charge in [-0.15, -0.1) is 0 Å². The first kappa shape index (κ1) is 30.1. The molecule has 0 unspecified atom stereocenters. The van der Waals surface area contributed by atoms with Crippen molar-refractivity contribution >= 4 is 44.7 Å². The van der Waals surface area contributed by atoms with Gasteiger partial charge in [0.15, 0.2) is 11.5 Å². The Morgan fingerprint density at radius 1 is 1.10 bits per heavy atom. The lowest BCUT2D eigenvalue weighted by Crippen LogP contribution is -2.20. The number of likely N-dealkylation sites (N-methyl/N-ethyl adjacent to an activating group) is 1. The summed E-state index contributed by atoms with van der Waals surface area (Å²) >= 11 is 0. The molecule has 0 bridgehead atoms. The van der Waals surface area contributed by atoms with E-state index in [1.165, 1.54) is 26.2 Å². The van der Waals surface area contributed by atoms with Crippen LogP contribution in [0, 0.1) is 0 Å². The Balaban J connectivity index is 1.43. The van der Waals surface area contributed by atoms with E-state index < -0.39 is 11.8 Å². The molecule has 15 heteroatoms. The molecule has 0 spiro atoms. The SMILES string of the molecule is CCCOc1nc(NC(=O)OCCSSc2ccccn2)c2[nH]c(=O)n(Cc3ccc(OCCN(C)C)nc3)c2n1. The maximum absolute atomic E-state index is 12.9. The number of aromatic nitrogens is 6. The molecule has 0 aliphatic rings. The van der Waals surface area contributed by atoms with Crippen molar-refractivity contribution in [3.8, 4) is 11.9 Å². The summed E-state index contributed by atoms with van der Waals surface area (Å²) in [6.07, 6.45) is 3.39. The number of pyridine rings is 2. The Labute approximate surface area is 244 Å². The average Bonchev–Trinajstić information content (AvgIpc) is 3.28.